The number of nitrogens with one attached hydrogen (secondary N) is 1. The van der Waals surface area contributed by atoms with Crippen LogP contribution in [0.1, 0.15) is 0 Å². The van der Waals surface area contributed by atoms with E-state index < -0.39 is 5.97 Å². The fourth-order valence-electron chi connectivity index (χ4n) is 2.30. The summed E-state index contributed by atoms with van der Waals surface area (Å²) in [5.41, 5.74) is 1.22. The van der Waals surface area contributed by atoms with E-state index in [0.29, 0.717) is 6.54 Å². The van der Waals surface area contributed by atoms with Crippen molar-refractivity contribution >= 4 is 17.6 Å². The van der Waals surface area contributed by atoms with Crippen LogP contribution in [0, 0.1) is 0 Å². The number of carbonyl (C=O) groups is 2. The number of ether oxygens (including phenoxy) is 1. The van der Waals surface area contributed by atoms with Crippen LogP contribution in [0.15, 0.2) is 30.3 Å². The molecule has 21 heavy (non-hydrogen) atoms. The molecule has 6 heteroatoms. The van der Waals surface area contributed by atoms with Crippen molar-refractivity contribution in [2.45, 2.75) is 0 Å². The van der Waals surface area contributed by atoms with Gasteiger partial charge in [-0.1, -0.05) is 18.2 Å². The smallest absolute Gasteiger partial charge is 0.325 e. The second-order valence-corrected chi connectivity index (χ2v) is 4.95. The van der Waals surface area contributed by atoms with Gasteiger partial charge in [0, 0.05) is 31.9 Å². The molecular formula is C15H21N3O3. The predicted octanol–water partition coefficient (Wildman–Crippen LogP) is 0.0978. The van der Waals surface area contributed by atoms with Gasteiger partial charge in [0.2, 0.25) is 5.91 Å². The Morgan fingerprint density at radius 3 is 2.43 bits per heavy atom. The van der Waals surface area contributed by atoms with Gasteiger partial charge >= 0.3 is 5.97 Å². The molecule has 0 aromatic heterocycles. The molecule has 1 amide bonds. The summed E-state index contributed by atoms with van der Waals surface area (Å²) in [6.45, 7) is 3.71. The third-order valence-electron chi connectivity index (χ3n) is 3.52. The molecule has 0 atom stereocenters. The SMILES string of the molecule is COC(=O)CNC(=O)CN1CCN(c2ccccc2)CC1. The van der Waals surface area contributed by atoms with Gasteiger partial charge < -0.3 is 15.0 Å². The molecule has 1 aromatic carbocycles. The molecule has 0 bridgehead atoms. The number of rotatable bonds is 5. The maximum Gasteiger partial charge on any atom is 0.325 e. The van der Waals surface area contributed by atoms with Crippen LogP contribution in [0.3, 0.4) is 0 Å². The number of benzene rings is 1. The van der Waals surface area contributed by atoms with E-state index in [2.05, 4.69) is 32.0 Å². The summed E-state index contributed by atoms with van der Waals surface area (Å²) in [4.78, 5) is 27.1. The molecule has 1 heterocycles. The number of nitrogens with zero attached hydrogens (tertiary/aromatic N) is 2. The number of carbonyl (C=O) groups excluding carboxylic acids is 2. The molecule has 1 aliphatic rings. The van der Waals surface area contributed by atoms with Crippen LogP contribution in [0.4, 0.5) is 5.69 Å². The Balaban J connectivity index is 1.72. The summed E-state index contributed by atoms with van der Waals surface area (Å²) in [7, 11) is 1.30. The van der Waals surface area contributed by atoms with E-state index in [9.17, 15) is 9.59 Å². The summed E-state index contributed by atoms with van der Waals surface area (Å²) in [6, 6.07) is 10.3. The predicted molar refractivity (Wildman–Crippen MR) is 80.1 cm³/mol. The maximum atomic E-state index is 11.7. The maximum absolute atomic E-state index is 11.7. The molecule has 114 valence electrons. The van der Waals surface area contributed by atoms with E-state index in [1.165, 1.54) is 12.8 Å². The lowest BCUT2D eigenvalue weighted by atomic mass is 10.2. The molecule has 1 aromatic rings. The van der Waals surface area contributed by atoms with E-state index in [1.54, 1.807) is 0 Å². The van der Waals surface area contributed by atoms with Gasteiger partial charge in [0.15, 0.2) is 0 Å². The topological polar surface area (TPSA) is 61.9 Å². The first-order chi connectivity index (χ1) is 10.2. The standard InChI is InChI=1S/C15H21N3O3/c1-21-15(20)11-16-14(19)12-17-7-9-18(10-8-17)13-5-3-2-4-6-13/h2-6H,7-12H2,1H3,(H,16,19). The quantitative estimate of drug-likeness (QED) is 0.780. The van der Waals surface area contributed by atoms with Gasteiger partial charge in [0.1, 0.15) is 6.54 Å². The molecule has 0 aliphatic carbocycles. The van der Waals surface area contributed by atoms with E-state index in [4.69, 9.17) is 0 Å². The highest BCUT2D eigenvalue weighted by atomic mass is 16.5. The van der Waals surface area contributed by atoms with Gasteiger partial charge in [0.25, 0.3) is 0 Å². The number of amides is 1. The second kappa shape index (κ2) is 7.64. The first-order valence-corrected chi connectivity index (χ1v) is 7.05. The van der Waals surface area contributed by atoms with Gasteiger partial charge in [-0.05, 0) is 12.1 Å². The van der Waals surface area contributed by atoms with Crippen LogP contribution in [-0.2, 0) is 14.3 Å². The second-order valence-electron chi connectivity index (χ2n) is 4.95. The van der Waals surface area contributed by atoms with Crippen molar-refractivity contribution < 1.29 is 14.3 Å². The van der Waals surface area contributed by atoms with Crippen molar-refractivity contribution in [1.29, 1.82) is 0 Å². The number of esters is 1. The molecular weight excluding hydrogens is 270 g/mol. The van der Waals surface area contributed by atoms with Crippen molar-refractivity contribution in [2.75, 3.05) is 51.3 Å². The fourth-order valence-corrected chi connectivity index (χ4v) is 2.30. The average molecular weight is 291 g/mol. The van der Waals surface area contributed by atoms with Gasteiger partial charge in [-0.25, -0.2) is 0 Å². The summed E-state index contributed by atoms with van der Waals surface area (Å²) in [5.74, 6) is -0.578. The third-order valence-corrected chi connectivity index (χ3v) is 3.52. The Morgan fingerprint density at radius 2 is 1.81 bits per heavy atom. The number of piperazine rings is 1. The Hall–Kier alpha value is -2.08. The first kappa shape index (κ1) is 15.3. The number of para-hydroxylation sites is 1. The van der Waals surface area contributed by atoms with Crippen molar-refractivity contribution in [2.24, 2.45) is 0 Å². The summed E-state index contributed by atoms with van der Waals surface area (Å²) in [6.07, 6.45) is 0. The molecule has 0 spiro atoms. The van der Waals surface area contributed by atoms with Crippen LogP contribution in [0.2, 0.25) is 0 Å². The molecule has 0 unspecified atom stereocenters. The summed E-state index contributed by atoms with van der Waals surface area (Å²) >= 11 is 0. The van der Waals surface area contributed by atoms with E-state index in [0.717, 1.165) is 26.2 Å². The van der Waals surface area contributed by atoms with E-state index >= 15 is 0 Å². The Morgan fingerprint density at radius 1 is 1.14 bits per heavy atom. The van der Waals surface area contributed by atoms with Crippen LogP contribution < -0.4 is 10.2 Å². The van der Waals surface area contributed by atoms with Crippen molar-refractivity contribution in [3.8, 4) is 0 Å². The van der Waals surface area contributed by atoms with E-state index in [-0.39, 0.29) is 12.5 Å². The van der Waals surface area contributed by atoms with Crippen LogP contribution >= 0.6 is 0 Å². The summed E-state index contributed by atoms with van der Waals surface area (Å²) < 4.78 is 4.48. The molecule has 0 saturated carbocycles. The minimum Gasteiger partial charge on any atom is -0.468 e. The molecule has 0 radical (unpaired) electrons. The lowest BCUT2D eigenvalue weighted by Gasteiger charge is -2.35. The number of hydrogen-bond acceptors (Lipinski definition) is 5. The number of anilines is 1. The van der Waals surface area contributed by atoms with E-state index in [1.807, 2.05) is 18.2 Å². The monoisotopic (exact) mass is 291 g/mol. The van der Waals surface area contributed by atoms with Gasteiger partial charge in [-0.2, -0.15) is 0 Å². The minimum absolute atomic E-state index is 0.0701. The van der Waals surface area contributed by atoms with Crippen LogP contribution in [0.5, 0.6) is 0 Å². The normalized spacial score (nSPS) is 15.6. The Kier molecular flexibility index (Phi) is 5.57. The zero-order chi connectivity index (χ0) is 15.1. The van der Waals surface area contributed by atoms with Gasteiger partial charge in [0.05, 0.1) is 13.7 Å². The highest BCUT2D eigenvalue weighted by Gasteiger charge is 2.19. The molecule has 6 nitrogen and oxygen atoms in total. The van der Waals surface area contributed by atoms with Crippen molar-refractivity contribution in [3.05, 3.63) is 30.3 Å². The Labute approximate surface area is 124 Å². The van der Waals surface area contributed by atoms with Crippen LogP contribution in [0.25, 0.3) is 0 Å². The average Bonchev–Trinajstić information content (AvgIpc) is 2.54. The van der Waals surface area contributed by atoms with Gasteiger partial charge in [-0.15, -0.1) is 0 Å². The van der Waals surface area contributed by atoms with Crippen LogP contribution in [-0.4, -0.2) is 63.2 Å². The largest absolute Gasteiger partial charge is 0.468 e. The lowest BCUT2D eigenvalue weighted by Crippen LogP contribution is -2.49. The zero-order valence-electron chi connectivity index (χ0n) is 12.2. The fraction of sp³-hybridized carbons (Fsp3) is 0.467. The third kappa shape index (κ3) is 4.75. The van der Waals surface area contributed by atoms with Crippen molar-refractivity contribution in [3.63, 3.8) is 0 Å². The highest BCUT2D eigenvalue weighted by molar-refractivity contribution is 5.83. The molecule has 2 rings (SSSR count). The lowest BCUT2D eigenvalue weighted by molar-refractivity contribution is -0.141. The molecule has 1 fully saturated rings. The Bertz CT molecular complexity index is 470. The minimum atomic E-state index is -0.433. The number of methoxy groups -OCH3 is 1. The zero-order valence-corrected chi connectivity index (χ0v) is 12.2. The number of hydrogen-bond donors (Lipinski definition) is 1. The first-order valence-electron chi connectivity index (χ1n) is 7.05. The highest BCUT2D eigenvalue weighted by Crippen LogP contribution is 2.15. The van der Waals surface area contributed by atoms with Crippen molar-refractivity contribution in [1.82, 2.24) is 10.2 Å². The molecule has 1 N–H and O–H groups in total. The van der Waals surface area contributed by atoms with Gasteiger partial charge in [-0.3, -0.25) is 14.5 Å². The molecule has 1 aliphatic heterocycles. The molecule has 1 saturated heterocycles. The summed E-state index contributed by atoms with van der Waals surface area (Å²) in [5, 5.41) is 2.55.